The molecule has 0 aromatic heterocycles. The normalized spacial score (nSPS) is 28.6. The molecule has 0 radical (unpaired) electrons. The lowest BCUT2D eigenvalue weighted by Crippen LogP contribution is -2.25. The van der Waals surface area contributed by atoms with E-state index in [4.69, 9.17) is 0 Å². The fourth-order valence-electron chi connectivity index (χ4n) is 3.72. The first kappa shape index (κ1) is 11.3. The van der Waals surface area contributed by atoms with Crippen LogP contribution in [0.25, 0.3) is 0 Å². The fraction of sp³-hybridized carbons (Fsp3) is 0.625. The molecule has 0 saturated heterocycles. The molecule has 0 heterocycles. The van der Waals surface area contributed by atoms with Gasteiger partial charge in [0.2, 0.25) is 0 Å². The lowest BCUT2D eigenvalue weighted by atomic mass is 9.84. The van der Waals surface area contributed by atoms with Gasteiger partial charge >= 0.3 is 0 Å². The number of hydrogen-bond acceptors (Lipinski definition) is 1. The SMILES string of the molecule is Cc1ccc2c(c1)C(O)(CC1CCCC1)CC2. The van der Waals surface area contributed by atoms with Crippen molar-refractivity contribution >= 4 is 0 Å². The van der Waals surface area contributed by atoms with Crippen LogP contribution in [0, 0.1) is 12.8 Å². The molecule has 1 nitrogen and oxygen atoms in total. The summed E-state index contributed by atoms with van der Waals surface area (Å²) in [6.45, 7) is 2.12. The molecular formula is C16H22O. The number of aliphatic hydroxyl groups is 1. The topological polar surface area (TPSA) is 20.2 Å². The minimum atomic E-state index is -0.518. The number of fused-ring (bicyclic) bond motifs is 1. The Morgan fingerprint density at radius 3 is 2.82 bits per heavy atom. The molecular weight excluding hydrogens is 208 g/mol. The van der Waals surface area contributed by atoms with Crippen molar-refractivity contribution in [1.82, 2.24) is 0 Å². The van der Waals surface area contributed by atoms with Gasteiger partial charge < -0.3 is 5.11 Å². The van der Waals surface area contributed by atoms with E-state index in [9.17, 15) is 5.11 Å². The van der Waals surface area contributed by atoms with E-state index in [1.54, 1.807) is 0 Å². The number of rotatable bonds is 2. The van der Waals surface area contributed by atoms with E-state index in [2.05, 4.69) is 25.1 Å². The first-order chi connectivity index (χ1) is 8.17. The molecule has 2 aliphatic carbocycles. The Balaban J connectivity index is 1.87. The average Bonchev–Trinajstić information content (AvgIpc) is 2.89. The predicted molar refractivity (Wildman–Crippen MR) is 70.0 cm³/mol. The van der Waals surface area contributed by atoms with E-state index < -0.39 is 5.60 Å². The van der Waals surface area contributed by atoms with Crippen molar-refractivity contribution < 1.29 is 5.11 Å². The Morgan fingerprint density at radius 2 is 2.06 bits per heavy atom. The molecule has 92 valence electrons. The molecule has 1 aromatic rings. The maximum atomic E-state index is 10.9. The third kappa shape index (κ3) is 2.01. The van der Waals surface area contributed by atoms with Crippen LogP contribution in [0.5, 0.6) is 0 Å². The highest BCUT2D eigenvalue weighted by Crippen LogP contribution is 2.44. The van der Waals surface area contributed by atoms with Crippen molar-refractivity contribution in [3.05, 3.63) is 34.9 Å². The third-order valence-corrected chi connectivity index (χ3v) is 4.68. The Hall–Kier alpha value is -0.820. The van der Waals surface area contributed by atoms with Crippen molar-refractivity contribution in [2.24, 2.45) is 5.92 Å². The molecule has 1 aromatic carbocycles. The molecule has 0 spiro atoms. The van der Waals surface area contributed by atoms with E-state index in [0.717, 1.165) is 25.2 Å². The maximum Gasteiger partial charge on any atom is 0.0905 e. The van der Waals surface area contributed by atoms with Gasteiger partial charge in [0.15, 0.2) is 0 Å². The van der Waals surface area contributed by atoms with Gasteiger partial charge in [0.05, 0.1) is 5.60 Å². The summed E-state index contributed by atoms with van der Waals surface area (Å²) in [5.74, 6) is 0.756. The van der Waals surface area contributed by atoms with Crippen molar-refractivity contribution in [2.75, 3.05) is 0 Å². The molecule has 0 bridgehead atoms. The smallest absolute Gasteiger partial charge is 0.0905 e. The highest BCUT2D eigenvalue weighted by atomic mass is 16.3. The molecule has 0 amide bonds. The van der Waals surface area contributed by atoms with Gasteiger partial charge in [-0.2, -0.15) is 0 Å². The number of benzene rings is 1. The molecule has 1 fully saturated rings. The van der Waals surface area contributed by atoms with Crippen LogP contribution in [-0.2, 0) is 12.0 Å². The van der Waals surface area contributed by atoms with Crippen LogP contribution in [0.1, 0.15) is 55.2 Å². The predicted octanol–water partition coefficient (Wildman–Crippen LogP) is 3.71. The molecule has 1 unspecified atom stereocenters. The lowest BCUT2D eigenvalue weighted by Gasteiger charge is -2.27. The lowest BCUT2D eigenvalue weighted by molar-refractivity contribution is 0.0134. The molecule has 1 heteroatoms. The van der Waals surface area contributed by atoms with E-state index in [-0.39, 0.29) is 0 Å². The second kappa shape index (κ2) is 4.13. The summed E-state index contributed by atoms with van der Waals surface area (Å²) < 4.78 is 0. The quantitative estimate of drug-likeness (QED) is 0.821. The largest absolute Gasteiger partial charge is 0.385 e. The van der Waals surface area contributed by atoms with Gasteiger partial charge in [0.1, 0.15) is 0 Å². The molecule has 1 saturated carbocycles. The van der Waals surface area contributed by atoms with Crippen molar-refractivity contribution in [3.8, 4) is 0 Å². The van der Waals surface area contributed by atoms with Crippen LogP contribution < -0.4 is 0 Å². The van der Waals surface area contributed by atoms with Gasteiger partial charge in [-0.25, -0.2) is 0 Å². The summed E-state index contributed by atoms with van der Waals surface area (Å²) in [4.78, 5) is 0. The van der Waals surface area contributed by atoms with Crippen LogP contribution >= 0.6 is 0 Å². The Bertz CT molecular complexity index is 418. The minimum absolute atomic E-state index is 0.518. The first-order valence-electron chi connectivity index (χ1n) is 7.00. The zero-order valence-corrected chi connectivity index (χ0v) is 10.7. The Labute approximate surface area is 104 Å². The van der Waals surface area contributed by atoms with Gasteiger partial charge in [-0.15, -0.1) is 0 Å². The highest BCUT2D eigenvalue weighted by Gasteiger charge is 2.38. The van der Waals surface area contributed by atoms with Crippen LogP contribution in [0.2, 0.25) is 0 Å². The summed E-state index contributed by atoms with van der Waals surface area (Å²) in [5.41, 5.74) is 3.35. The molecule has 17 heavy (non-hydrogen) atoms. The minimum Gasteiger partial charge on any atom is -0.385 e. The van der Waals surface area contributed by atoms with Gasteiger partial charge in [0, 0.05) is 0 Å². The monoisotopic (exact) mass is 230 g/mol. The van der Waals surface area contributed by atoms with Crippen molar-refractivity contribution in [3.63, 3.8) is 0 Å². The summed E-state index contributed by atoms with van der Waals surface area (Å²) in [6, 6.07) is 6.58. The Kier molecular flexibility index (Phi) is 2.74. The van der Waals surface area contributed by atoms with Gasteiger partial charge in [-0.1, -0.05) is 49.4 Å². The molecule has 3 rings (SSSR count). The van der Waals surface area contributed by atoms with Crippen molar-refractivity contribution in [1.29, 1.82) is 0 Å². The van der Waals surface area contributed by atoms with Crippen LogP contribution in [0.15, 0.2) is 18.2 Å². The maximum absolute atomic E-state index is 10.9. The average molecular weight is 230 g/mol. The second-order valence-corrected chi connectivity index (χ2v) is 6.05. The zero-order chi connectivity index (χ0) is 11.9. The van der Waals surface area contributed by atoms with Gasteiger partial charge in [-0.05, 0) is 43.2 Å². The van der Waals surface area contributed by atoms with Gasteiger partial charge in [-0.3, -0.25) is 0 Å². The molecule has 2 aliphatic rings. The summed E-state index contributed by atoms with van der Waals surface area (Å²) in [7, 11) is 0. The molecule has 1 N–H and O–H groups in total. The van der Waals surface area contributed by atoms with E-state index in [1.807, 2.05) is 0 Å². The highest BCUT2D eigenvalue weighted by molar-refractivity contribution is 5.40. The van der Waals surface area contributed by atoms with Gasteiger partial charge in [0.25, 0.3) is 0 Å². The summed E-state index contributed by atoms with van der Waals surface area (Å²) in [6.07, 6.45) is 8.35. The number of aryl methyl sites for hydroxylation is 2. The zero-order valence-electron chi connectivity index (χ0n) is 10.7. The van der Waals surface area contributed by atoms with Crippen LogP contribution in [-0.4, -0.2) is 5.11 Å². The molecule has 0 aliphatic heterocycles. The van der Waals surface area contributed by atoms with Crippen LogP contribution in [0.4, 0.5) is 0 Å². The Morgan fingerprint density at radius 1 is 1.29 bits per heavy atom. The van der Waals surface area contributed by atoms with E-state index >= 15 is 0 Å². The number of hydrogen-bond donors (Lipinski definition) is 1. The summed E-state index contributed by atoms with van der Waals surface area (Å²) >= 11 is 0. The second-order valence-electron chi connectivity index (χ2n) is 6.05. The standard InChI is InChI=1S/C16H22O/c1-12-6-7-14-8-9-16(17,15(14)10-12)11-13-4-2-3-5-13/h6-7,10,13,17H,2-5,8-9,11H2,1H3. The first-order valence-corrected chi connectivity index (χ1v) is 7.00. The molecule has 1 atom stereocenters. The van der Waals surface area contributed by atoms with E-state index in [1.165, 1.54) is 42.4 Å². The van der Waals surface area contributed by atoms with E-state index in [0.29, 0.717) is 0 Å². The fourth-order valence-corrected chi connectivity index (χ4v) is 3.72. The van der Waals surface area contributed by atoms with Crippen molar-refractivity contribution in [2.45, 2.75) is 57.5 Å². The van der Waals surface area contributed by atoms with Crippen LogP contribution in [0.3, 0.4) is 0 Å². The third-order valence-electron chi connectivity index (χ3n) is 4.68. The summed E-state index contributed by atoms with van der Waals surface area (Å²) in [5, 5.41) is 10.9.